The molecule has 6 nitrogen and oxygen atoms in total. The quantitative estimate of drug-likeness (QED) is 0.492. The van der Waals surface area contributed by atoms with Gasteiger partial charge in [0.25, 0.3) is 5.91 Å². The van der Waals surface area contributed by atoms with Gasteiger partial charge in [0.15, 0.2) is 5.13 Å². The van der Waals surface area contributed by atoms with Gasteiger partial charge in [0.05, 0.1) is 22.9 Å². The maximum absolute atomic E-state index is 13.5. The van der Waals surface area contributed by atoms with Crippen LogP contribution in [0.25, 0.3) is 21.1 Å². The number of amides is 1. The SMILES string of the molecule is COc1ccc2nc(N(CCN(C)C)C(=O)c3c[nH]c4ccccc34)sc2c1.Cl. The highest BCUT2D eigenvalue weighted by Gasteiger charge is 2.23. The number of nitrogens with one attached hydrogen (secondary N) is 1. The van der Waals surface area contributed by atoms with Gasteiger partial charge in [-0.2, -0.15) is 0 Å². The van der Waals surface area contributed by atoms with Crippen molar-refractivity contribution in [2.24, 2.45) is 0 Å². The second-order valence-electron chi connectivity index (χ2n) is 6.84. The number of aromatic nitrogens is 2. The molecule has 4 rings (SSSR count). The summed E-state index contributed by atoms with van der Waals surface area (Å²) in [6.07, 6.45) is 1.78. The van der Waals surface area contributed by atoms with Crippen LogP contribution >= 0.6 is 23.7 Å². The molecule has 0 radical (unpaired) electrons. The zero-order valence-corrected chi connectivity index (χ0v) is 18.1. The molecule has 0 saturated heterocycles. The Morgan fingerprint density at radius 2 is 1.97 bits per heavy atom. The van der Waals surface area contributed by atoms with Crippen LogP contribution in [0.1, 0.15) is 10.4 Å². The van der Waals surface area contributed by atoms with Crippen molar-refractivity contribution in [2.75, 3.05) is 39.2 Å². The Bertz CT molecular complexity index is 1140. The number of nitrogens with zero attached hydrogens (tertiary/aromatic N) is 3. The third kappa shape index (κ3) is 4.22. The molecule has 29 heavy (non-hydrogen) atoms. The Labute approximate surface area is 179 Å². The van der Waals surface area contributed by atoms with E-state index in [0.717, 1.165) is 33.4 Å². The first-order valence-electron chi connectivity index (χ1n) is 9.04. The minimum atomic E-state index is -0.0506. The Kier molecular flexibility index (Phi) is 6.42. The van der Waals surface area contributed by atoms with Crippen molar-refractivity contribution in [2.45, 2.75) is 0 Å². The first kappa shape index (κ1) is 21.1. The van der Waals surface area contributed by atoms with Gasteiger partial charge in [-0.1, -0.05) is 29.5 Å². The third-order valence-corrected chi connectivity index (χ3v) is 5.69. The number of rotatable bonds is 6. The van der Waals surface area contributed by atoms with Gasteiger partial charge in [0.1, 0.15) is 5.75 Å². The number of aromatic amines is 1. The highest BCUT2D eigenvalue weighted by molar-refractivity contribution is 7.22. The number of fused-ring (bicyclic) bond motifs is 2. The molecular weight excluding hydrogens is 408 g/mol. The fourth-order valence-corrected chi connectivity index (χ4v) is 4.13. The molecule has 0 spiro atoms. The maximum atomic E-state index is 13.5. The molecule has 0 aliphatic heterocycles. The standard InChI is InChI=1S/C21H22N4O2S.ClH/c1-24(2)10-11-25(20(26)16-13-22-17-7-5-4-6-15(16)17)21-23-18-9-8-14(27-3)12-19(18)28-21;/h4-9,12-13,22H,10-11H2,1-3H3;1H. The predicted octanol–water partition coefficient (Wildman–Crippen LogP) is 4.42. The van der Waals surface area contributed by atoms with E-state index < -0.39 is 0 Å². The molecular formula is C21H23ClN4O2S. The fourth-order valence-electron chi connectivity index (χ4n) is 3.11. The van der Waals surface area contributed by atoms with E-state index in [1.165, 1.54) is 11.3 Å². The Hall–Kier alpha value is -2.61. The van der Waals surface area contributed by atoms with Crippen molar-refractivity contribution in [3.8, 4) is 5.75 Å². The lowest BCUT2D eigenvalue weighted by Gasteiger charge is -2.21. The summed E-state index contributed by atoms with van der Waals surface area (Å²) in [5.74, 6) is 0.732. The number of thiazole rings is 1. The summed E-state index contributed by atoms with van der Waals surface area (Å²) in [4.78, 5) is 25.2. The molecule has 152 valence electrons. The highest BCUT2D eigenvalue weighted by atomic mass is 35.5. The number of carbonyl (C=O) groups excluding carboxylic acids is 1. The number of methoxy groups -OCH3 is 1. The molecule has 2 aromatic heterocycles. The largest absolute Gasteiger partial charge is 0.497 e. The number of hydrogen-bond donors (Lipinski definition) is 1. The first-order valence-corrected chi connectivity index (χ1v) is 9.86. The molecule has 8 heteroatoms. The Balaban J connectivity index is 0.00000240. The van der Waals surface area contributed by atoms with E-state index >= 15 is 0 Å². The summed E-state index contributed by atoms with van der Waals surface area (Å²) in [6.45, 7) is 1.30. The van der Waals surface area contributed by atoms with Crippen LogP contribution in [0, 0.1) is 0 Å². The van der Waals surface area contributed by atoms with Crippen LogP contribution in [0.2, 0.25) is 0 Å². The molecule has 0 unspecified atom stereocenters. The Morgan fingerprint density at radius 1 is 1.17 bits per heavy atom. The monoisotopic (exact) mass is 430 g/mol. The van der Waals surface area contributed by atoms with Gasteiger partial charge in [0.2, 0.25) is 0 Å². The average molecular weight is 431 g/mol. The summed E-state index contributed by atoms with van der Waals surface area (Å²) in [6, 6.07) is 13.6. The van der Waals surface area contributed by atoms with Gasteiger partial charge in [0, 0.05) is 30.2 Å². The van der Waals surface area contributed by atoms with E-state index in [4.69, 9.17) is 9.72 Å². The van der Waals surface area contributed by atoms with Crippen LogP contribution < -0.4 is 9.64 Å². The lowest BCUT2D eigenvalue weighted by molar-refractivity contribution is 0.0987. The number of para-hydroxylation sites is 1. The van der Waals surface area contributed by atoms with Gasteiger partial charge >= 0.3 is 0 Å². The van der Waals surface area contributed by atoms with Crippen molar-refractivity contribution in [1.82, 2.24) is 14.9 Å². The molecule has 0 atom stereocenters. The van der Waals surface area contributed by atoms with Crippen molar-refractivity contribution >= 4 is 55.9 Å². The van der Waals surface area contributed by atoms with Crippen molar-refractivity contribution in [1.29, 1.82) is 0 Å². The highest BCUT2D eigenvalue weighted by Crippen LogP contribution is 2.32. The first-order chi connectivity index (χ1) is 13.6. The van der Waals surface area contributed by atoms with Crippen LogP contribution in [0.3, 0.4) is 0 Å². The van der Waals surface area contributed by atoms with Gasteiger partial charge in [-0.15, -0.1) is 12.4 Å². The minimum Gasteiger partial charge on any atom is -0.497 e. The van der Waals surface area contributed by atoms with Gasteiger partial charge < -0.3 is 14.6 Å². The van der Waals surface area contributed by atoms with Crippen LogP contribution in [-0.2, 0) is 0 Å². The topological polar surface area (TPSA) is 61.5 Å². The lowest BCUT2D eigenvalue weighted by Crippen LogP contribution is -2.36. The van der Waals surface area contributed by atoms with Crippen LogP contribution in [-0.4, -0.2) is 55.1 Å². The third-order valence-electron chi connectivity index (χ3n) is 4.65. The molecule has 0 aliphatic rings. The average Bonchev–Trinajstić information content (AvgIpc) is 3.31. The second kappa shape index (κ2) is 8.82. The van der Waals surface area contributed by atoms with E-state index in [0.29, 0.717) is 17.2 Å². The van der Waals surface area contributed by atoms with Crippen LogP contribution in [0.15, 0.2) is 48.7 Å². The number of carbonyl (C=O) groups is 1. The summed E-state index contributed by atoms with van der Waals surface area (Å²) in [5, 5.41) is 1.62. The number of H-pyrrole nitrogens is 1. The zero-order valence-electron chi connectivity index (χ0n) is 16.5. The molecule has 0 saturated carbocycles. The van der Waals surface area contributed by atoms with E-state index in [1.54, 1.807) is 18.2 Å². The molecule has 0 bridgehead atoms. The van der Waals surface area contributed by atoms with Crippen LogP contribution in [0.5, 0.6) is 5.75 Å². The van der Waals surface area contributed by atoms with Gasteiger partial charge in [-0.3, -0.25) is 9.69 Å². The number of benzene rings is 2. The number of anilines is 1. The number of likely N-dealkylation sites (N-methyl/N-ethyl adjacent to an activating group) is 1. The smallest absolute Gasteiger partial charge is 0.262 e. The fraction of sp³-hybridized carbons (Fsp3) is 0.238. The number of ether oxygens (including phenoxy) is 1. The second-order valence-corrected chi connectivity index (χ2v) is 7.85. The number of halogens is 1. The van der Waals surface area contributed by atoms with Crippen LogP contribution in [0.4, 0.5) is 5.13 Å². The minimum absolute atomic E-state index is 0. The molecule has 1 amide bonds. The molecule has 2 aromatic carbocycles. The van der Waals surface area contributed by atoms with E-state index in [9.17, 15) is 4.79 Å². The summed E-state index contributed by atoms with van der Waals surface area (Å²) >= 11 is 1.50. The summed E-state index contributed by atoms with van der Waals surface area (Å²) in [5.41, 5.74) is 2.47. The molecule has 0 aliphatic carbocycles. The van der Waals surface area contributed by atoms with E-state index in [1.807, 2.05) is 56.6 Å². The molecule has 2 heterocycles. The van der Waals surface area contributed by atoms with Gasteiger partial charge in [-0.25, -0.2) is 4.98 Å². The van der Waals surface area contributed by atoms with Gasteiger partial charge in [-0.05, 0) is 38.4 Å². The molecule has 0 fully saturated rings. The summed E-state index contributed by atoms with van der Waals surface area (Å²) < 4.78 is 6.31. The number of hydrogen-bond acceptors (Lipinski definition) is 5. The normalized spacial score (nSPS) is 11.0. The zero-order chi connectivity index (χ0) is 19.7. The summed E-state index contributed by atoms with van der Waals surface area (Å²) in [7, 11) is 5.64. The Morgan fingerprint density at radius 3 is 2.72 bits per heavy atom. The van der Waals surface area contributed by atoms with Crippen molar-refractivity contribution in [3.05, 3.63) is 54.2 Å². The van der Waals surface area contributed by atoms with E-state index in [-0.39, 0.29) is 18.3 Å². The lowest BCUT2D eigenvalue weighted by atomic mass is 10.1. The molecule has 4 aromatic rings. The van der Waals surface area contributed by atoms with Crippen molar-refractivity contribution in [3.63, 3.8) is 0 Å². The maximum Gasteiger partial charge on any atom is 0.262 e. The molecule has 1 N–H and O–H groups in total. The predicted molar refractivity (Wildman–Crippen MR) is 122 cm³/mol. The van der Waals surface area contributed by atoms with E-state index in [2.05, 4.69) is 9.88 Å². The van der Waals surface area contributed by atoms with Crippen molar-refractivity contribution < 1.29 is 9.53 Å².